The smallest absolute Gasteiger partial charge is 0.418 e. The van der Waals surface area contributed by atoms with Crippen molar-refractivity contribution in [3.63, 3.8) is 0 Å². The summed E-state index contributed by atoms with van der Waals surface area (Å²) in [4.78, 5) is 10.9. The second kappa shape index (κ2) is 5.10. The third kappa shape index (κ3) is 2.90. The molecule has 21 heavy (non-hydrogen) atoms. The molecule has 0 aliphatic rings. The van der Waals surface area contributed by atoms with Gasteiger partial charge in [-0.2, -0.15) is 18.3 Å². The van der Waals surface area contributed by atoms with Gasteiger partial charge in [0.15, 0.2) is 0 Å². The van der Waals surface area contributed by atoms with Crippen LogP contribution in [0.25, 0.3) is 0 Å². The zero-order valence-corrected chi connectivity index (χ0v) is 11.8. The van der Waals surface area contributed by atoms with Gasteiger partial charge < -0.3 is 9.67 Å². The van der Waals surface area contributed by atoms with Crippen LogP contribution in [0, 0.1) is 6.92 Å². The van der Waals surface area contributed by atoms with E-state index in [1.54, 1.807) is 14.0 Å². The lowest BCUT2D eigenvalue weighted by molar-refractivity contribution is -0.138. The van der Waals surface area contributed by atoms with Gasteiger partial charge in [0.25, 0.3) is 0 Å². The number of hydrogen-bond acceptors (Lipinski definition) is 2. The van der Waals surface area contributed by atoms with Gasteiger partial charge in [-0.1, -0.05) is 11.6 Å². The molecule has 2 heterocycles. The number of aromatic carboxylic acids is 1. The molecule has 114 valence electrons. The molecule has 0 bridgehead atoms. The number of rotatable bonds is 3. The highest BCUT2D eigenvalue weighted by molar-refractivity contribution is 6.31. The molecule has 2 aromatic heterocycles. The minimum absolute atomic E-state index is 0.00741. The lowest BCUT2D eigenvalue weighted by Gasteiger charge is -2.05. The number of nitrogens with zero attached hydrogens (tertiary/aromatic N) is 3. The first-order chi connectivity index (χ1) is 9.61. The summed E-state index contributed by atoms with van der Waals surface area (Å²) in [5.41, 5.74) is -0.937. The van der Waals surface area contributed by atoms with E-state index < -0.39 is 23.3 Å². The lowest BCUT2D eigenvalue weighted by atomic mass is 10.2. The van der Waals surface area contributed by atoms with Crippen LogP contribution in [-0.2, 0) is 19.8 Å². The third-order valence-electron chi connectivity index (χ3n) is 3.01. The van der Waals surface area contributed by atoms with E-state index in [1.807, 2.05) is 0 Å². The number of hydrogen-bond donors (Lipinski definition) is 1. The van der Waals surface area contributed by atoms with Crippen LogP contribution >= 0.6 is 11.6 Å². The van der Waals surface area contributed by atoms with Crippen molar-refractivity contribution in [2.75, 3.05) is 0 Å². The Kier molecular flexibility index (Phi) is 3.75. The van der Waals surface area contributed by atoms with Gasteiger partial charge in [0, 0.05) is 19.4 Å². The predicted molar refractivity (Wildman–Crippen MR) is 68.5 cm³/mol. The van der Waals surface area contributed by atoms with Crippen molar-refractivity contribution in [1.82, 2.24) is 14.3 Å². The Balaban J connectivity index is 2.44. The highest BCUT2D eigenvalue weighted by atomic mass is 35.5. The summed E-state index contributed by atoms with van der Waals surface area (Å²) in [6.45, 7) is 1.66. The monoisotopic (exact) mass is 321 g/mol. The number of aromatic nitrogens is 3. The summed E-state index contributed by atoms with van der Waals surface area (Å²) in [5.74, 6) is -1.63. The van der Waals surface area contributed by atoms with E-state index >= 15 is 0 Å². The SMILES string of the molecule is Cc1nn(C)c(Cn2cc(C(=O)O)c(C(F)(F)F)c2)c1Cl. The standard InChI is InChI=1S/C12H11ClF3N3O2/c1-6-10(13)9(18(2)17-6)5-19-3-7(11(20)21)8(4-19)12(14,15)16/h3-4H,5H2,1-2H3,(H,20,21). The molecule has 9 heteroatoms. The molecule has 0 aliphatic heterocycles. The molecule has 2 rings (SSSR count). The van der Waals surface area contributed by atoms with Gasteiger partial charge in [0.05, 0.1) is 34.1 Å². The van der Waals surface area contributed by atoms with Crippen molar-refractivity contribution in [2.24, 2.45) is 7.05 Å². The summed E-state index contributed by atoms with van der Waals surface area (Å²) in [6.07, 6.45) is -3.04. The fourth-order valence-electron chi connectivity index (χ4n) is 2.02. The van der Waals surface area contributed by atoms with E-state index in [2.05, 4.69) is 5.10 Å². The van der Waals surface area contributed by atoms with Gasteiger partial charge in [-0.3, -0.25) is 4.68 Å². The van der Waals surface area contributed by atoms with Crippen LogP contribution in [0.15, 0.2) is 12.4 Å². The van der Waals surface area contributed by atoms with E-state index in [-0.39, 0.29) is 6.54 Å². The molecule has 0 saturated heterocycles. The first-order valence-electron chi connectivity index (χ1n) is 5.79. The van der Waals surface area contributed by atoms with Crippen molar-refractivity contribution < 1.29 is 23.1 Å². The van der Waals surface area contributed by atoms with Gasteiger partial charge in [0.2, 0.25) is 0 Å². The maximum atomic E-state index is 12.8. The molecule has 5 nitrogen and oxygen atoms in total. The molecule has 0 atom stereocenters. The van der Waals surface area contributed by atoms with Gasteiger partial charge in [-0.15, -0.1) is 0 Å². The molecular formula is C12H11ClF3N3O2. The Morgan fingerprint density at radius 3 is 2.43 bits per heavy atom. The largest absolute Gasteiger partial charge is 0.478 e. The highest BCUT2D eigenvalue weighted by Crippen LogP contribution is 2.33. The van der Waals surface area contributed by atoms with Gasteiger partial charge >= 0.3 is 12.1 Å². The number of carboxylic acid groups (broad SMARTS) is 1. The second-order valence-corrected chi connectivity index (χ2v) is 4.91. The number of aryl methyl sites for hydroxylation is 2. The first kappa shape index (κ1) is 15.4. The van der Waals surface area contributed by atoms with Gasteiger partial charge in [0.1, 0.15) is 0 Å². The Bertz CT molecular complexity index is 703. The second-order valence-electron chi connectivity index (χ2n) is 4.53. The molecule has 0 aromatic carbocycles. The Morgan fingerprint density at radius 1 is 1.43 bits per heavy atom. The van der Waals surface area contributed by atoms with Crippen molar-refractivity contribution >= 4 is 17.6 Å². The summed E-state index contributed by atoms with van der Waals surface area (Å²) < 4.78 is 41.0. The third-order valence-corrected chi connectivity index (χ3v) is 3.50. The predicted octanol–water partition coefficient (Wildman–Crippen LogP) is 2.95. The summed E-state index contributed by atoms with van der Waals surface area (Å²) in [7, 11) is 1.61. The molecule has 2 aromatic rings. The summed E-state index contributed by atoms with van der Waals surface area (Å²) >= 11 is 6.03. The average Bonchev–Trinajstić information content (AvgIpc) is 2.87. The fraction of sp³-hybridized carbons (Fsp3) is 0.333. The molecule has 0 amide bonds. The van der Waals surface area contributed by atoms with E-state index in [1.165, 1.54) is 4.68 Å². The zero-order valence-electron chi connectivity index (χ0n) is 11.1. The summed E-state index contributed by atoms with van der Waals surface area (Å²) in [6, 6.07) is 0. The van der Waals surface area contributed by atoms with E-state index in [4.69, 9.17) is 16.7 Å². The van der Waals surface area contributed by atoms with Crippen molar-refractivity contribution in [3.8, 4) is 0 Å². The van der Waals surface area contributed by atoms with Crippen LogP contribution in [0.5, 0.6) is 0 Å². The molecule has 1 N–H and O–H groups in total. The molecule has 0 fully saturated rings. The lowest BCUT2D eigenvalue weighted by Crippen LogP contribution is -2.09. The Labute approximate surface area is 122 Å². The topological polar surface area (TPSA) is 60.0 Å². The molecule has 0 radical (unpaired) electrons. The maximum absolute atomic E-state index is 12.8. The van der Waals surface area contributed by atoms with Crippen molar-refractivity contribution in [1.29, 1.82) is 0 Å². The highest BCUT2D eigenvalue weighted by Gasteiger charge is 2.37. The fourth-order valence-corrected chi connectivity index (χ4v) is 2.24. The van der Waals surface area contributed by atoms with Crippen LogP contribution < -0.4 is 0 Å². The van der Waals surface area contributed by atoms with E-state index in [0.717, 1.165) is 17.0 Å². The van der Waals surface area contributed by atoms with Gasteiger partial charge in [-0.05, 0) is 6.92 Å². The van der Waals surface area contributed by atoms with Crippen molar-refractivity contribution in [3.05, 3.63) is 39.9 Å². The van der Waals surface area contributed by atoms with E-state index in [9.17, 15) is 18.0 Å². The number of carboxylic acids is 1. The molecule has 0 aliphatic carbocycles. The quantitative estimate of drug-likeness (QED) is 0.945. The number of halogens is 4. The van der Waals surface area contributed by atoms with Crippen LogP contribution in [0.1, 0.15) is 27.3 Å². The zero-order chi connectivity index (χ0) is 15.9. The van der Waals surface area contributed by atoms with Gasteiger partial charge in [-0.25, -0.2) is 4.79 Å². The molecule has 0 spiro atoms. The molecular weight excluding hydrogens is 311 g/mol. The Morgan fingerprint density at radius 2 is 2.05 bits per heavy atom. The first-order valence-corrected chi connectivity index (χ1v) is 6.17. The number of alkyl halides is 3. The Hall–Kier alpha value is -1.96. The van der Waals surface area contributed by atoms with E-state index in [0.29, 0.717) is 16.4 Å². The molecule has 0 saturated carbocycles. The molecule has 0 unspecified atom stereocenters. The minimum Gasteiger partial charge on any atom is -0.478 e. The van der Waals surface area contributed by atoms with Crippen LogP contribution in [0.2, 0.25) is 5.02 Å². The van der Waals surface area contributed by atoms with Crippen LogP contribution in [-0.4, -0.2) is 25.4 Å². The maximum Gasteiger partial charge on any atom is 0.418 e. The number of carbonyl (C=O) groups is 1. The minimum atomic E-state index is -4.73. The van der Waals surface area contributed by atoms with Crippen LogP contribution in [0.3, 0.4) is 0 Å². The van der Waals surface area contributed by atoms with Crippen LogP contribution in [0.4, 0.5) is 13.2 Å². The summed E-state index contributed by atoms with van der Waals surface area (Å²) in [5, 5.41) is 13.3. The average molecular weight is 322 g/mol. The van der Waals surface area contributed by atoms with Crippen molar-refractivity contribution in [2.45, 2.75) is 19.6 Å². The normalized spacial score (nSPS) is 11.9.